The van der Waals surface area contributed by atoms with Crippen LogP contribution in [-0.4, -0.2) is 36.7 Å². The van der Waals surface area contributed by atoms with Gasteiger partial charge in [-0.05, 0) is 12.8 Å². The SMILES string of the molecule is CCCCCCCCCCCCCCCCCCCCCCCCOC(=O)CCSCCC(=O)OCCCCCCCCCCCCCCCCCCCCCCCC. The van der Waals surface area contributed by atoms with E-state index < -0.39 is 0 Å². The van der Waals surface area contributed by atoms with Gasteiger partial charge in [0.05, 0.1) is 26.1 Å². The Kier molecular flexibility index (Phi) is 52.8. The molecule has 0 N–H and O–H groups in total. The van der Waals surface area contributed by atoms with Gasteiger partial charge in [0.1, 0.15) is 0 Å². The first kappa shape index (κ1) is 58.3. The van der Waals surface area contributed by atoms with Gasteiger partial charge in [0.2, 0.25) is 0 Å². The quantitative estimate of drug-likeness (QED) is 0.0451. The molecule has 352 valence electrons. The predicted octanol–water partition coefficient (Wildman–Crippen LogP) is 18.8. The highest BCUT2D eigenvalue weighted by molar-refractivity contribution is 7.99. The maximum atomic E-state index is 12.0. The Morgan fingerprint density at radius 3 is 0.627 bits per heavy atom. The van der Waals surface area contributed by atoms with Gasteiger partial charge in [0.25, 0.3) is 0 Å². The number of esters is 2. The summed E-state index contributed by atoms with van der Waals surface area (Å²) in [5.74, 6) is 1.22. The zero-order valence-corrected chi connectivity index (χ0v) is 41.2. The van der Waals surface area contributed by atoms with E-state index >= 15 is 0 Å². The van der Waals surface area contributed by atoms with Crippen molar-refractivity contribution in [1.29, 1.82) is 0 Å². The minimum atomic E-state index is -0.103. The lowest BCUT2D eigenvalue weighted by molar-refractivity contribution is -0.144. The summed E-state index contributed by atoms with van der Waals surface area (Å²) in [5, 5.41) is 0. The molecular weight excluding hydrogens is 745 g/mol. The lowest BCUT2D eigenvalue weighted by Gasteiger charge is -2.06. The molecule has 0 fully saturated rings. The molecule has 0 aromatic heterocycles. The molecule has 0 aromatic rings. The molecule has 0 unspecified atom stereocenters. The van der Waals surface area contributed by atoms with Gasteiger partial charge in [0, 0.05) is 11.5 Å². The van der Waals surface area contributed by atoms with Crippen LogP contribution in [-0.2, 0) is 19.1 Å². The van der Waals surface area contributed by atoms with E-state index in [0.717, 1.165) is 25.7 Å². The summed E-state index contributed by atoms with van der Waals surface area (Å²) in [6.45, 7) is 5.69. The summed E-state index contributed by atoms with van der Waals surface area (Å²) < 4.78 is 10.9. The molecule has 4 nitrogen and oxygen atoms in total. The number of rotatable bonds is 52. The molecule has 0 aliphatic rings. The van der Waals surface area contributed by atoms with Gasteiger partial charge in [-0.1, -0.05) is 284 Å². The third-order valence-electron chi connectivity index (χ3n) is 12.4. The monoisotopic (exact) mass is 851 g/mol. The van der Waals surface area contributed by atoms with E-state index in [-0.39, 0.29) is 11.9 Å². The first-order valence-electron chi connectivity index (χ1n) is 27.1. The van der Waals surface area contributed by atoms with Crippen LogP contribution in [0.25, 0.3) is 0 Å². The van der Waals surface area contributed by atoms with E-state index in [9.17, 15) is 9.59 Å². The van der Waals surface area contributed by atoms with Crippen molar-refractivity contribution < 1.29 is 19.1 Å². The summed E-state index contributed by atoms with van der Waals surface area (Å²) in [6, 6.07) is 0. The number of hydrogen-bond donors (Lipinski definition) is 0. The Bertz CT molecular complexity index is 739. The summed E-state index contributed by atoms with van der Waals surface area (Å²) in [5.41, 5.74) is 0. The highest BCUT2D eigenvalue weighted by Crippen LogP contribution is 2.18. The standard InChI is InChI=1S/C54H106O4S/c1-3-5-7-9-11-13-15-17-19-21-23-25-27-29-31-33-35-37-39-41-43-45-49-57-53(55)47-51-59-52-48-54(56)58-50-46-44-42-40-38-36-34-32-30-28-26-24-22-20-18-16-14-12-10-8-6-4-2/h3-52H2,1-2H3. The third kappa shape index (κ3) is 53.4. The molecule has 0 rings (SSSR count). The van der Waals surface area contributed by atoms with Gasteiger partial charge in [-0.15, -0.1) is 0 Å². The topological polar surface area (TPSA) is 52.6 Å². The minimum Gasteiger partial charge on any atom is -0.466 e. The van der Waals surface area contributed by atoms with E-state index in [1.54, 1.807) is 11.8 Å². The minimum absolute atomic E-state index is 0.103. The van der Waals surface area contributed by atoms with E-state index in [1.807, 2.05) is 0 Å². The molecule has 5 heteroatoms. The molecule has 0 bridgehead atoms. The lowest BCUT2D eigenvalue weighted by atomic mass is 10.0. The average molecular weight is 852 g/mol. The third-order valence-corrected chi connectivity index (χ3v) is 13.4. The molecule has 0 atom stereocenters. The molecule has 0 amide bonds. The molecule has 0 aliphatic carbocycles. The molecule has 0 radical (unpaired) electrons. The van der Waals surface area contributed by atoms with Crippen LogP contribution in [0, 0.1) is 0 Å². The molecule has 0 aromatic carbocycles. The van der Waals surface area contributed by atoms with E-state index in [0.29, 0.717) is 37.6 Å². The average Bonchev–Trinajstić information content (AvgIpc) is 3.24. The normalized spacial score (nSPS) is 11.4. The first-order chi connectivity index (χ1) is 29.2. The van der Waals surface area contributed by atoms with Gasteiger partial charge in [-0.3, -0.25) is 9.59 Å². The van der Waals surface area contributed by atoms with Crippen molar-refractivity contribution in [3.8, 4) is 0 Å². The molecule has 0 saturated heterocycles. The molecule has 59 heavy (non-hydrogen) atoms. The van der Waals surface area contributed by atoms with Crippen LogP contribution in [0.3, 0.4) is 0 Å². The summed E-state index contributed by atoms with van der Waals surface area (Å²) in [6.07, 6.45) is 61.7. The second kappa shape index (κ2) is 53.4. The van der Waals surface area contributed by atoms with E-state index in [1.165, 1.54) is 257 Å². The summed E-state index contributed by atoms with van der Waals surface area (Å²) in [4.78, 5) is 24.1. The number of unbranched alkanes of at least 4 members (excludes halogenated alkanes) is 42. The van der Waals surface area contributed by atoms with Crippen molar-refractivity contribution in [3.63, 3.8) is 0 Å². The number of carbonyl (C=O) groups is 2. The molecule has 0 spiro atoms. The van der Waals surface area contributed by atoms with Crippen LogP contribution in [0.1, 0.15) is 309 Å². The van der Waals surface area contributed by atoms with Gasteiger partial charge in [-0.25, -0.2) is 0 Å². The fraction of sp³-hybridized carbons (Fsp3) is 0.963. The predicted molar refractivity (Wildman–Crippen MR) is 263 cm³/mol. The molecule has 0 heterocycles. The van der Waals surface area contributed by atoms with Gasteiger partial charge in [-0.2, -0.15) is 11.8 Å². The van der Waals surface area contributed by atoms with Crippen molar-refractivity contribution in [2.45, 2.75) is 309 Å². The second-order valence-corrected chi connectivity index (χ2v) is 19.6. The Balaban J connectivity index is 3.23. The Morgan fingerprint density at radius 2 is 0.441 bits per heavy atom. The zero-order chi connectivity index (χ0) is 42.6. The zero-order valence-electron chi connectivity index (χ0n) is 40.4. The number of thioether (sulfide) groups is 1. The fourth-order valence-corrected chi connectivity index (χ4v) is 9.18. The van der Waals surface area contributed by atoms with Crippen molar-refractivity contribution in [1.82, 2.24) is 0 Å². The van der Waals surface area contributed by atoms with Crippen molar-refractivity contribution in [3.05, 3.63) is 0 Å². The van der Waals surface area contributed by atoms with E-state index in [4.69, 9.17) is 9.47 Å². The van der Waals surface area contributed by atoms with Crippen molar-refractivity contribution in [2.24, 2.45) is 0 Å². The van der Waals surface area contributed by atoms with Gasteiger partial charge >= 0.3 is 11.9 Å². The van der Waals surface area contributed by atoms with Crippen LogP contribution in [0.15, 0.2) is 0 Å². The maximum absolute atomic E-state index is 12.0. The van der Waals surface area contributed by atoms with Crippen LogP contribution in [0.5, 0.6) is 0 Å². The van der Waals surface area contributed by atoms with Crippen molar-refractivity contribution in [2.75, 3.05) is 24.7 Å². The van der Waals surface area contributed by atoms with Crippen molar-refractivity contribution >= 4 is 23.7 Å². The Morgan fingerprint density at radius 1 is 0.271 bits per heavy atom. The fourth-order valence-electron chi connectivity index (χ4n) is 8.35. The number of carbonyl (C=O) groups excluding carboxylic acids is 2. The highest BCUT2D eigenvalue weighted by atomic mass is 32.2. The molecule has 0 aliphatic heterocycles. The Labute approximate surface area is 375 Å². The summed E-state index contributed by atoms with van der Waals surface area (Å²) in [7, 11) is 0. The van der Waals surface area contributed by atoms with Crippen LogP contribution >= 0.6 is 11.8 Å². The summed E-state index contributed by atoms with van der Waals surface area (Å²) >= 11 is 1.65. The molecular formula is C54H106O4S. The largest absolute Gasteiger partial charge is 0.466 e. The van der Waals surface area contributed by atoms with Crippen LogP contribution in [0.4, 0.5) is 0 Å². The first-order valence-corrected chi connectivity index (χ1v) is 28.2. The van der Waals surface area contributed by atoms with Gasteiger partial charge in [0.15, 0.2) is 0 Å². The number of hydrogen-bond acceptors (Lipinski definition) is 5. The van der Waals surface area contributed by atoms with Gasteiger partial charge < -0.3 is 9.47 Å². The Hall–Kier alpha value is -0.710. The van der Waals surface area contributed by atoms with E-state index in [2.05, 4.69) is 13.8 Å². The van der Waals surface area contributed by atoms with Crippen LogP contribution in [0.2, 0.25) is 0 Å². The smallest absolute Gasteiger partial charge is 0.306 e. The molecule has 0 saturated carbocycles. The maximum Gasteiger partial charge on any atom is 0.306 e. The highest BCUT2D eigenvalue weighted by Gasteiger charge is 2.06. The van der Waals surface area contributed by atoms with Crippen LogP contribution < -0.4 is 0 Å². The number of ether oxygens (including phenoxy) is 2. The second-order valence-electron chi connectivity index (χ2n) is 18.4. The lowest BCUT2D eigenvalue weighted by Crippen LogP contribution is -2.09.